The van der Waals surface area contributed by atoms with Crippen molar-refractivity contribution in [2.45, 2.75) is 6.54 Å². The molecule has 0 heterocycles. The Hall–Kier alpha value is -2.53. The molecule has 23 heavy (non-hydrogen) atoms. The number of carbonyl (C=O) groups excluding carboxylic acids is 2. The van der Waals surface area contributed by atoms with E-state index in [0.717, 1.165) is 11.3 Å². The highest BCUT2D eigenvalue weighted by molar-refractivity contribution is 6.33. The first-order chi connectivity index (χ1) is 11.1. The lowest BCUT2D eigenvalue weighted by Crippen LogP contribution is -2.28. The summed E-state index contributed by atoms with van der Waals surface area (Å²) in [4.78, 5) is 23.5. The van der Waals surface area contributed by atoms with Gasteiger partial charge in [0.05, 0.1) is 17.7 Å². The molecule has 1 amide bonds. The Kier molecular flexibility index (Phi) is 6.00. The predicted molar refractivity (Wildman–Crippen MR) is 86.6 cm³/mol. The van der Waals surface area contributed by atoms with E-state index in [1.807, 2.05) is 12.1 Å². The second-order valence-corrected chi connectivity index (χ2v) is 5.09. The summed E-state index contributed by atoms with van der Waals surface area (Å²) in [6.07, 6.45) is 0. The van der Waals surface area contributed by atoms with Crippen LogP contribution in [0.15, 0.2) is 48.5 Å². The summed E-state index contributed by atoms with van der Waals surface area (Å²) >= 11 is 5.89. The highest BCUT2D eigenvalue weighted by Crippen LogP contribution is 2.15. The van der Waals surface area contributed by atoms with Gasteiger partial charge in [0, 0.05) is 6.54 Å². The molecular formula is C17H16ClNO4. The van der Waals surface area contributed by atoms with Crippen LogP contribution in [-0.4, -0.2) is 25.6 Å². The molecule has 2 aromatic rings. The lowest BCUT2D eigenvalue weighted by Gasteiger charge is -2.08. The summed E-state index contributed by atoms with van der Waals surface area (Å²) in [5.74, 6) is -0.273. The van der Waals surface area contributed by atoms with Crippen LogP contribution in [0.2, 0.25) is 5.02 Å². The van der Waals surface area contributed by atoms with Crippen molar-refractivity contribution in [2.24, 2.45) is 0 Å². The fraction of sp³-hybridized carbons (Fsp3) is 0.176. The largest absolute Gasteiger partial charge is 0.497 e. The van der Waals surface area contributed by atoms with Crippen molar-refractivity contribution in [2.75, 3.05) is 13.7 Å². The van der Waals surface area contributed by atoms with Gasteiger partial charge in [-0.15, -0.1) is 0 Å². The van der Waals surface area contributed by atoms with E-state index in [9.17, 15) is 9.59 Å². The van der Waals surface area contributed by atoms with Gasteiger partial charge in [0.15, 0.2) is 6.61 Å². The third-order valence-electron chi connectivity index (χ3n) is 3.08. The number of amides is 1. The van der Waals surface area contributed by atoms with E-state index in [2.05, 4.69) is 5.32 Å². The van der Waals surface area contributed by atoms with Gasteiger partial charge in [-0.2, -0.15) is 0 Å². The van der Waals surface area contributed by atoms with Crippen molar-refractivity contribution in [3.8, 4) is 5.75 Å². The maximum Gasteiger partial charge on any atom is 0.340 e. The molecule has 120 valence electrons. The summed E-state index contributed by atoms with van der Waals surface area (Å²) in [6, 6.07) is 13.8. The van der Waals surface area contributed by atoms with Crippen LogP contribution in [-0.2, 0) is 16.1 Å². The van der Waals surface area contributed by atoms with E-state index >= 15 is 0 Å². The number of ether oxygens (including phenoxy) is 2. The van der Waals surface area contributed by atoms with E-state index in [0.29, 0.717) is 6.54 Å². The molecule has 0 saturated carbocycles. The van der Waals surface area contributed by atoms with Crippen LogP contribution in [0.1, 0.15) is 15.9 Å². The van der Waals surface area contributed by atoms with Gasteiger partial charge in [-0.3, -0.25) is 4.79 Å². The minimum absolute atomic E-state index is 0.233. The van der Waals surface area contributed by atoms with E-state index in [1.165, 1.54) is 0 Å². The number of nitrogens with one attached hydrogen (secondary N) is 1. The van der Waals surface area contributed by atoms with Gasteiger partial charge in [0.25, 0.3) is 5.91 Å². The number of carbonyl (C=O) groups is 2. The SMILES string of the molecule is COc1ccc(CNC(=O)COC(=O)c2ccccc2Cl)cc1. The minimum Gasteiger partial charge on any atom is -0.497 e. The highest BCUT2D eigenvalue weighted by atomic mass is 35.5. The lowest BCUT2D eigenvalue weighted by atomic mass is 10.2. The molecule has 0 aromatic heterocycles. The average Bonchev–Trinajstić information content (AvgIpc) is 2.58. The number of halogens is 1. The molecule has 1 N–H and O–H groups in total. The van der Waals surface area contributed by atoms with Crippen LogP contribution >= 0.6 is 11.6 Å². The number of hydrogen-bond acceptors (Lipinski definition) is 4. The Morgan fingerprint density at radius 3 is 2.43 bits per heavy atom. The zero-order valence-corrected chi connectivity index (χ0v) is 13.3. The van der Waals surface area contributed by atoms with E-state index < -0.39 is 5.97 Å². The van der Waals surface area contributed by atoms with Gasteiger partial charge in [-0.05, 0) is 29.8 Å². The van der Waals surface area contributed by atoms with Gasteiger partial charge in [0.2, 0.25) is 0 Å². The Labute approximate surface area is 139 Å². The van der Waals surface area contributed by atoms with Crippen LogP contribution in [0.4, 0.5) is 0 Å². The molecule has 2 aromatic carbocycles. The fourth-order valence-corrected chi connectivity index (χ4v) is 2.04. The first-order valence-corrected chi connectivity index (χ1v) is 7.29. The molecule has 0 aliphatic heterocycles. The van der Waals surface area contributed by atoms with Gasteiger partial charge < -0.3 is 14.8 Å². The summed E-state index contributed by atoms with van der Waals surface area (Å²) in [5.41, 5.74) is 1.15. The Morgan fingerprint density at radius 2 is 1.78 bits per heavy atom. The monoisotopic (exact) mass is 333 g/mol. The standard InChI is InChI=1S/C17H16ClNO4/c1-22-13-8-6-12(7-9-13)10-19-16(20)11-23-17(21)14-4-2-3-5-15(14)18/h2-9H,10-11H2,1H3,(H,19,20). The van der Waals surface area contributed by atoms with Crippen LogP contribution in [0.25, 0.3) is 0 Å². The van der Waals surface area contributed by atoms with Crippen LogP contribution in [0, 0.1) is 0 Å². The molecule has 5 nitrogen and oxygen atoms in total. The number of benzene rings is 2. The average molecular weight is 334 g/mol. The molecule has 0 atom stereocenters. The van der Waals surface area contributed by atoms with Crippen molar-refractivity contribution in [3.05, 3.63) is 64.7 Å². The molecule has 0 bridgehead atoms. The van der Waals surface area contributed by atoms with Crippen molar-refractivity contribution in [1.29, 1.82) is 0 Å². The van der Waals surface area contributed by atoms with Crippen molar-refractivity contribution >= 4 is 23.5 Å². The zero-order valence-electron chi connectivity index (χ0n) is 12.5. The summed E-state index contributed by atoms with van der Waals surface area (Å²) in [6.45, 7) is -0.0211. The smallest absolute Gasteiger partial charge is 0.340 e. The van der Waals surface area contributed by atoms with Gasteiger partial charge in [0.1, 0.15) is 5.75 Å². The molecule has 0 aliphatic carbocycles. The van der Waals surface area contributed by atoms with Crippen LogP contribution in [0.3, 0.4) is 0 Å². The molecule has 0 aliphatic rings. The number of methoxy groups -OCH3 is 1. The highest BCUT2D eigenvalue weighted by Gasteiger charge is 2.12. The van der Waals surface area contributed by atoms with E-state index in [4.69, 9.17) is 21.1 Å². The van der Waals surface area contributed by atoms with Crippen LogP contribution in [0.5, 0.6) is 5.75 Å². The third-order valence-corrected chi connectivity index (χ3v) is 3.41. The summed E-state index contributed by atoms with van der Waals surface area (Å²) in [5, 5.41) is 2.96. The minimum atomic E-state index is -0.629. The molecule has 6 heteroatoms. The summed E-state index contributed by atoms with van der Waals surface area (Å²) < 4.78 is 10.00. The Morgan fingerprint density at radius 1 is 1.09 bits per heavy atom. The van der Waals surface area contributed by atoms with Crippen molar-refractivity contribution < 1.29 is 19.1 Å². The molecule has 0 unspecified atom stereocenters. The van der Waals surface area contributed by atoms with E-state index in [1.54, 1.807) is 43.5 Å². The lowest BCUT2D eigenvalue weighted by molar-refractivity contribution is -0.124. The molecular weight excluding hydrogens is 318 g/mol. The first kappa shape index (κ1) is 16.8. The topological polar surface area (TPSA) is 64.6 Å². The maximum absolute atomic E-state index is 11.8. The third kappa shape index (κ3) is 5.00. The van der Waals surface area contributed by atoms with Crippen molar-refractivity contribution in [1.82, 2.24) is 5.32 Å². The molecule has 0 fully saturated rings. The molecule has 2 rings (SSSR count). The molecule has 0 radical (unpaired) electrons. The molecule has 0 spiro atoms. The van der Waals surface area contributed by atoms with Crippen LogP contribution < -0.4 is 10.1 Å². The summed E-state index contributed by atoms with van der Waals surface area (Å²) in [7, 11) is 1.59. The quantitative estimate of drug-likeness (QED) is 0.826. The van der Waals surface area contributed by atoms with E-state index in [-0.39, 0.29) is 23.1 Å². The zero-order chi connectivity index (χ0) is 16.7. The Balaban J connectivity index is 1.78. The fourth-order valence-electron chi connectivity index (χ4n) is 1.83. The first-order valence-electron chi connectivity index (χ1n) is 6.91. The van der Waals surface area contributed by atoms with Crippen molar-refractivity contribution in [3.63, 3.8) is 0 Å². The molecule has 0 saturated heterocycles. The number of hydrogen-bond donors (Lipinski definition) is 1. The maximum atomic E-state index is 11.8. The Bertz CT molecular complexity index is 685. The number of esters is 1. The predicted octanol–water partition coefficient (Wildman–Crippen LogP) is 2.82. The number of rotatable bonds is 6. The second-order valence-electron chi connectivity index (χ2n) is 4.68. The van der Waals surface area contributed by atoms with Gasteiger partial charge in [-0.25, -0.2) is 4.79 Å². The normalized spacial score (nSPS) is 10.0. The second kappa shape index (κ2) is 8.19. The van der Waals surface area contributed by atoms with Gasteiger partial charge >= 0.3 is 5.97 Å². The van der Waals surface area contributed by atoms with Gasteiger partial charge in [-0.1, -0.05) is 35.9 Å².